The molecule has 0 saturated heterocycles. The summed E-state index contributed by atoms with van der Waals surface area (Å²) in [6, 6.07) is 11.8. The SMILES string of the molecule is Cc1noc(C)c1COc1ccc(C(=O)Nc2ccc(Cl)cc2N)cc1. The second kappa shape index (κ2) is 7.49. The molecule has 1 amide bonds. The van der Waals surface area contributed by atoms with Crippen LogP contribution in [-0.2, 0) is 6.61 Å². The molecule has 0 aliphatic rings. The van der Waals surface area contributed by atoms with Crippen molar-refractivity contribution < 1.29 is 14.1 Å². The molecule has 7 heteroatoms. The number of nitrogen functional groups attached to an aromatic ring is 1. The molecule has 3 rings (SSSR count). The van der Waals surface area contributed by atoms with Gasteiger partial charge < -0.3 is 20.3 Å². The van der Waals surface area contributed by atoms with Gasteiger partial charge in [0.25, 0.3) is 5.91 Å². The van der Waals surface area contributed by atoms with Crippen LogP contribution in [0.25, 0.3) is 0 Å². The van der Waals surface area contributed by atoms with Gasteiger partial charge in [-0.3, -0.25) is 4.79 Å². The molecule has 0 aliphatic heterocycles. The Kier molecular flexibility index (Phi) is 5.14. The highest BCUT2D eigenvalue weighted by molar-refractivity contribution is 6.31. The van der Waals surface area contributed by atoms with E-state index in [9.17, 15) is 4.79 Å². The summed E-state index contributed by atoms with van der Waals surface area (Å²) < 4.78 is 10.8. The molecule has 0 atom stereocenters. The highest BCUT2D eigenvalue weighted by atomic mass is 35.5. The minimum absolute atomic E-state index is 0.267. The van der Waals surface area contributed by atoms with Gasteiger partial charge in [-0.1, -0.05) is 16.8 Å². The van der Waals surface area contributed by atoms with Gasteiger partial charge in [-0.25, -0.2) is 0 Å². The van der Waals surface area contributed by atoms with Crippen LogP contribution >= 0.6 is 11.6 Å². The number of nitrogens with one attached hydrogen (secondary N) is 1. The lowest BCUT2D eigenvalue weighted by molar-refractivity contribution is 0.102. The topological polar surface area (TPSA) is 90.4 Å². The molecule has 1 heterocycles. The number of benzene rings is 2. The first kappa shape index (κ1) is 17.8. The summed E-state index contributed by atoms with van der Waals surface area (Å²) in [5, 5.41) is 7.16. The Morgan fingerprint density at radius 1 is 1.23 bits per heavy atom. The summed E-state index contributed by atoms with van der Waals surface area (Å²) in [6.45, 7) is 4.06. The van der Waals surface area contributed by atoms with Crippen molar-refractivity contribution in [2.75, 3.05) is 11.1 Å². The highest BCUT2D eigenvalue weighted by Gasteiger charge is 2.11. The van der Waals surface area contributed by atoms with Crippen molar-refractivity contribution in [3.8, 4) is 5.75 Å². The van der Waals surface area contributed by atoms with Crippen LogP contribution in [0, 0.1) is 13.8 Å². The number of nitrogens with zero attached hydrogens (tertiary/aromatic N) is 1. The van der Waals surface area contributed by atoms with Crippen molar-refractivity contribution in [2.24, 2.45) is 0 Å². The molecule has 0 saturated carbocycles. The smallest absolute Gasteiger partial charge is 0.255 e. The van der Waals surface area contributed by atoms with Crippen molar-refractivity contribution in [1.82, 2.24) is 5.16 Å². The zero-order valence-corrected chi connectivity index (χ0v) is 15.1. The standard InChI is InChI=1S/C19H18ClN3O3/c1-11-16(12(2)26-23-11)10-25-15-6-3-13(4-7-15)19(24)22-18-8-5-14(20)9-17(18)21/h3-9H,10,21H2,1-2H3,(H,22,24). The van der Waals surface area contributed by atoms with Gasteiger partial charge in [0, 0.05) is 10.6 Å². The van der Waals surface area contributed by atoms with E-state index in [4.69, 9.17) is 26.6 Å². The zero-order valence-electron chi connectivity index (χ0n) is 14.4. The van der Waals surface area contributed by atoms with Crippen LogP contribution in [0.4, 0.5) is 11.4 Å². The molecule has 2 aromatic carbocycles. The van der Waals surface area contributed by atoms with Crippen LogP contribution in [0.2, 0.25) is 5.02 Å². The highest BCUT2D eigenvalue weighted by Crippen LogP contribution is 2.24. The van der Waals surface area contributed by atoms with Crippen molar-refractivity contribution in [3.05, 3.63) is 70.1 Å². The number of hydrogen-bond donors (Lipinski definition) is 2. The molecule has 134 valence electrons. The molecule has 0 bridgehead atoms. The van der Waals surface area contributed by atoms with Crippen LogP contribution in [0.15, 0.2) is 47.0 Å². The van der Waals surface area contributed by atoms with Gasteiger partial charge in [-0.15, -0.1) is 0 Å². The van der Waals surface area contributed by atoms with E-state index in [-0.39, 0.29) is 5.91 Å². The predicted molar refractivity (Wildman–Crippen MR) is 101 cm³/mol. The van der Waals surface area contributed by atoms with Gasteiger partial charge in [0.1, 0.15) is 18.1 Å². The summed E-state index contributed by atoms with van der Waals surface area (Å²) >= 11 is 5.86. The number of hydrogen-bond acceptors (Lipinski definition) is 5. The number of aromatic nitrogens is 1. The van der Waals surface area contributed by atoms with Gasteiger partial charge in [0.05, 0.1) is 22.6 Å². The monoisotopic (exact) mass is 371 g/mol. The third-order valence-electron chi connectivity index (χ3n) is 3.94. The Morgan fingerprint density at radius 2 is 1.96 bits per heavy atom. The molecule has 0 spiro atoms. The normalized spacial score (nSPS) is 10.6. The number of aryl methyl sites for hydroxylation is 2. The zero-order chi connectivity index (χ0) is 18.7. The van der Waals surface area contributed by atoms with E-state index < -0.39 is 0 Å². The minimum Gasteiger partial charge on any atom is -0.489 e. The van der Waals surface area contributed by atoms with Crippen LogP contribution in [0.3, 0.4) is 0 Å². The first-order valence-electron chi connectivity index (χ1n) is 7.95. The average Bonchev–Trinajstić information content (AvgIpc) is 2.94. The Bertz CT molecular complexity index is 916. The number of anilines is 2. The number of halogens is 1. The quantitative estimate of drug-likeness (QED) is 0.650. The molecule has 0 radical (unpaired) electrons. The molecule has 6 nitrogen and oxygen atoms in total. The summed E-state index contributed by atoms with van der Waals surface area (Å²) in [7, 11) is 0. The van der Waals surface area contributed by atoms with Crippen molar-refractivity contribution in [1.29, 1.82) is 0 Å². The molecule has 3 aromatic rings. The van der Waals surface area contributed by atoms with Gasteiger partial charge in [0.2, 0.25) is 0 Å². The van der Waals surface area contributed by atoms with Crippen LogP contribution in [-0.4, -0.2) is 11.1 Å². The maximum atomic E-state index is 12.3. The molecule has 1 aromatic heterocycles. The largest absolute Gasteiger partial charge is 0.489 e. The third kappa shape index (κ3) is 3.97. The second-order valence-corrected chi connectivity index (χ2v) is 6.24. The number of amides is 1. The van der Waals surface area contributed by atoms with Gasteiger partial charge in [0.15, 0.2) is 0 Å². The fourth-order valence-corrected chi connectivity index (χ4v) is 2.59. The molecule has 0 unspecified atom stereocenters. The van der Waals surface area contributed by atoms with E-state index in [0.717, 1.165) is 17.0 Å². The van der Waals surface area contributed by atoms with Crippen LogP contribution in [0.5, 0.6) is 5.75 Å². The minimum atomic E-state index is -0.267. The van der Waals surface area contributed by atoms with Gasteiger partial charge in [-0.2, -0.15) is 0 Å². The van der Waals surface area contributed by atoms with Crippen LogP contribution < -0.4 is 15.8 Å². The summed E-state index contributed by atoms with van der Waals surface area (Å²) in [5.74, 6) is 1.11. The van der Waals surface area contributed by atoms with Crippen molar-refractivity contribution >= 4 is 28.9 Å². The predicted octanol–water partition coefficient (Wildman–Crippen LogP) is 4.36. The number of carbonyl (C=O) groups excluding carboxylic acids is 1. The average molecular weight is 372 g/mol. The Labute approximate surface area is 155 Å². The van der Waals surface area contributed by atoms with Crippen LogP contribution in [0.1, 0.15) is 27.4 Å². The lowest BCUT2D eigenvalue weighted by Crippen LogP contribution is -2.13. The van der Waals surface area contributed by atoms with Crippen molar-refractivity contribution in [2.45, 2.75) is 20.5 Å². The van der Waals surface area contributed by atoms with E-state index in [1.807, 2.05) is 13.8 Å². The summed E-state index contributed by atoms with van der Waals surface area (Å²) in [6.07, 6.45) is 0. The van der Waals surface area contributed by atoms with E-state index in [2.05, 4.69) is 10.5 Å². The summed E-state index contributed by atoms with van der Waals surface area (Å²) in [5.41, 5.74) is 8.99. The van der Waals surface area contributed by atoms with Gasteiger partial charge in [-0.05, 0) is 56.3 Å². The van der Waals surface area contributed by atoms with Crippen molar-refractivity contribution in [3.63, 3.8) is 0 Å². The van der Waals surface area contributed by atoms with E-state index in [1.165, 1.54) is 0 Å². The van der Waals surface area contributed by atoms with E-state index >= 15 is 0 Å². The van der Waals surface area contributed by atoms with Gasteiger partial charge >= 0.3 is 0 Å². The third-order valence-corrected chi connectivity index (χ3v) is 4.18. The van der Waals surface area contributed by atoms with E-state index in [0.29, 0.717) is 34.3 Å². The Hall–Kier alpha value is -2.99. The number of ether oxygens (including phenoxy) is 1. The number of rotatable bonds is 5. The molecular weight excluding hydrogens is 354 g/mol. The fraction of sp³-hybridized carbons (Fsp3) is 0.158. The molecular formula is C19H18ClN3O3. The Balaban J connectivity index is 1.64. The number of carbonyl (C=O) groups is 1. The maximum absolute atomic E-state index is 12.3. The number of nitrogens with two attached hydrogens (primary N) is 1. The lowest BCUT2D eigenvalue weighted by Gasteiger charge is -2.10. The Morgan fingerprint density at radius 3 is 2.58 bits per heavy atom. The molecule has 0 fully saturated rings. The molecule has 0 aliphatic carbocycles. The first-order valence-corrected chi connectivity index (χ1v) is 8.33. The lowest BCUT2D eigenvalue weighted by atomic mass is 10.2. The fourth-order valence-electron chi connectivity index (χ4n) is 2.41. The second-order valence-electron chi connectivity index (χ2n) is 5.80. The molecule has 26 heavy (non-hydrogen) atoms. The molecule has 3 N–H and O–H groups in total. The van der Waals surface area contributed by atoms with E-state index in [1.54, 1.807) is 42.5 Å². The first-order chi connectivity index (χ1) is 12.4. The maximum Gasteiger partial charge on any atom is 0.255 e. The summed E-state index contributed by atoms with van der Waals surface area (Å²) in [4.78, 5) is 12.3.